The van der Waals surface area contributed by atoms with Gasteiger partial charge in [0.05, 0.1) is 38.6 Å². The molecule has 476 valence electrons. The Morgan fingerprint density at radius 1 is 0.440 bits per heavy atom. The lowest BCUT2D eigenvalue weighted by atomic mass is 9.96. The third-order valence-corrected chi connectivity index (χ3v) is 14.2. The van der Waals surface area contributed by atoms with Crippen LogP contribution in [-0.4, -0.2) is 193 Å². The number of unbranched alkanes of at least 4 members (excludes halogenated alkanes) is 6. The normalized spacial score (nSPS) is 30.1. The molecule has 0 saturated carbocycles. The predicted molar refractivity (Wildman–Crippen MR) is 323 cm³/mol. The molecule has 1 amide bonds. The standard InChI is InChI=1S/C65H103NO18/c1-3-5-7-9-11-12-13-14-15-16-17-18-19-20-21-22-23-24-25-26-27-28-29-30-31-32-33-34-35-36-37-39-41-43-53(71)66-48(49(70)42-40-38-10-8-6-4-2)47-79-63-59(77)56(74)61(51(45-68)81-63)84-65-60(78)57(75)62(52(46-69)82-65)83-64-58(76)55(73)54(72)50(44-67)80-64/h5,7,11-12,14-15,17-18,20-21,23-24,26-27,29-30,32-33,35-36,40,42,48-52,54-65,67-70,72-78H,3-4,6,8-10,13,16,19,22,25,28,31,34,37-39,41,43-47H2,1-2H3,(H,66,71)/b7-5-,12-11-,15-14-,18-17-,21-20-,24-23-,27-26-,30-29-,33-32-,36-35-,42-40+. The Bertz CT molecular complexity index is 2050. The van der Waals surface area contributed by atoms with Gasteiger partial charge in [0.25, 0.3) is 0 Å². The SMILES string of the molecule is CC/C=C\C/C=C\C/C=C\C/C=C\C/C=C\C/C=C\C/C=C\C/C=C\C/C=C\C/C=C\CCCCC(=O)NC(COC1OC(CO)C(OC2OC(CO)C(OC3OC(CO)C(O)C(O)C3O)C(O)C2O)C(O)C1O)C(O)/C=C/CCCCCC. The van der Waals surface area contributed by atoms with Gasteiger partial charge in [-0.2, -0.15) is 0 Å². The van der Waals surface area contributed by atoms with Crippen molar-refractivity contribution in [2.24, 2.45) is 0 Å². The molecular weight excluding hydrogens is 1080 g/mol. The Hall–Kier alpha value is -4.07. The van der Waals surface area contributed by atoms with E-state index in [1.165, 1.54) is 0 Å². The van der Waals surface area contributed by atoms with Crippen molar-refractivity contribution in [2.45, 2.75) is 240 Å². The summed E-state index contributed by atoms with van der Waals surface area (Å²) >= 11 is 0. The van der Waals surface area contributed by atoms with E-state index in [0.717, 1.165) is 103 Å². The summed E-state index contributed by atoms with van der Waals surface area (Å²) in [4.78, 5) is 13.2. The summed E-state index contributed by atoms with van der Waals surface area (Å²) in [5, 5.41) is 120. The minimum Gasteiger partial charge on any atom is -0.394 e. The number of hydrogen-bond donors (Lipinski definition) is 12. The van der Waals surface area contributed by atoms with Gasteiger partial charge in [0, 0.05) is 6.42 Å². The van der Waals surface area contributed by atoms with Crippen LogP contribution in [0.15, 0.2) is 134 Å². The molecule has 3 aliphatic rings. The van der Waals surface area contributed by atoms with E-state index >= 15 is 0 Å². The largest absolute Gasteiger partial charge is 0.394 e. The first-order valence-corrected chi connectivity index (χ1v) is 30.4. The molecule has 17 atom stereocenters. The maximum absolute atomic E-state index is 13.2. The van der Waals surface area contributed by atoms with Crippen LogP contribution in [0.25, 0.3) is 0 Å². The molecule has 19 nitrogen and oxygen atoms in total. The number of carbonyl (C=O) groups is 1. The zero-order valence-electron chi connectivity index (χ0n) is 49.6. The molecule has 0 aromatic rings. The van der Waals surface area contributed by atoms with Crippen LogP contribution in [0.4, 0.5) is 0 Å². The molecule has 19 heteroatoms. The van der Waals surface area contributed by atoms with Gasteiger partial charge in [-0.3, -0.25) is 4.79 Å². The third kappa shape index (κ3) is 29.1. The summed E-state index contributed by atoms with van der Waals surface area (Å²) in [5.41, 5.74) is 0. The summed E-state index contributed by atoms with van der Waals surface area (Å²) in [6.07, 6.45) is 36.5. The summed E-state index contributed by atoms with van der Waals surface area (Å²) in [7, 11) is 0. The molecular formula is C65H103NO18. The van der Waals surface area contributed by atoms with Crippen molar-refractivity contribution in [3.63, 3.8) is 0 Å². The molecule has 0 radical (unpaired) electrons. The molecule has 3 saturated heterocycles. The van der Waals surface area contributed by atoms with E-state index in [0.29, 0.717) is 12.8 Å². The first-order chi connectivity index (χ1) is 40.8. The van der Waals surface area contributed by atoms with Crippen molar-refractivity contribution < 1.29 is 89.4 Å². The molecule has 3 rings (SSSR count). The van der Waals surface area contributed by atoms with Crippen molar-refractivity contribution in [1.29, 1.82) is 0 Å². The fraction of sp³-hybridized carbons (Fsp3) is 0.646. The van der Waals surface area contributed by atoms with Gasteiger partial charge in [-0.15, -0.1) is 0 Å². The van der Waals surface area contributed by atoms with Crippen LogP contribution < -0.4 is 5.32 Å². The van der Waals surface area contributed by atoms with Crippen LogP contribution in [0, 0.1) is 0 Å². The van der Waals surface area contributed by atoms with Gasteiger partial charge in [0.15, 0.2) is 18.9 Å². The Kier molecular flexibility index (Phi) is 40.7. The van der Waals surface area contributed by atoms with Crippen molar-refractivity contribution in [2.75, 3.05) is 26.4 Å². The Morgan fingerprint density at radius 2 is 0.821 bits per heavy atom. The highest BCUT2D eigenvalue weighted by molar-refractivity contribution is 5.76. The number of carbonyl (C=O) groups excluding carboxylic acids is 1. The highest BCUT2D eigenvalue weighted by Gasteiger charge is 2.53. The molecule has 3 heterocycles. The lowest BCUT2D eigenvalue weighted by molar-refractivity contribution is -0.379. The predicted octanol–water partition coefficient (Wildman–Crippen LogP) is 5.87. The fourth-order valence-corrected chi connectivity index (χ4v) is 9.21. The highest BCUT2D eigenvalue weighted by atomic mass is 16.8. The van der Waals surface area contributed by atoms with E-state index in [-0.39, 0.29) is 18.9 Å². The van der Waals surface area contributed by atoms with Crippen molar-refractivity contribution in [3.05, 3.63) is 134 Å². The maximum Gasteiger partial charge on any atom is 0.220 e. The van der Waals surface area contributed by atoms with E-state index in [9.17, 15) is 61.0 Å². The lowest BCUT2D eigenvalue weighted by Crippen LogP contribution is -2.66. The van der Waals surface area contributed by atoms with E-state index in [1.807, 2.05) is 6.08 Å². The fourth-order valence-electron chi connectivity index (χ4n) is 9.21. The zero-order chi connectivity index (χ0) is 61.2. The molecule has 84 heavy (non-hydrogen) atoms. The number of hydrogen-bond acceptors (Lipinski definition) is 18. The molecule has 0 aromatic heterocycles. The second kappa shape index (κ2) is 46.1. The smallest absolute Gasteiger partial charge is 0.220 e. The number of amides is 1. The van der Waals surface area contributed by atoms with E-state index < -0.39 is 124 Å². The van der Waals surface area contributed by atoms with E-state index in [2.05, 4.69) is 141 Å². The number of rotatable bonds is 42. The number of aliphatic hydroxyl groups is 11. The van der Waals surface area contributed by atoms with Gasteiger partial charge in [0.2, 0.25) is 5.91 Å². The lowest BCUT2D eigenvalue weighted by Gasteiger charge is -2.48. The average Bonchev–Trinajstić information content (AvgIpc) is 2.27. The summed E-state index contributed by atoms with van der Waals surface area (Å²) in [5.74, 6) is -0.332. The quantitative estimate of drug-likeness (QED) is 0.0251. The van der Waals surface area contributed by atoms with Crippen LogP contribution in [0.5, 0.6) is 0 Å². The number of nitrogens with one attached hydrogen (secondary N) is 1. The molecule has 0 aliphatic carbocycles. The second-order valence-corrected chi connectivity index (χ2v) is 21.1. The van der Waals surface area contributed by atoms with Crippen LogP contribution >= 0.6 is 0 Å². The zero-order valence-corrected chi connectivity index (χ0v) is 49.6. The molecule has 0 bridgehead atoms. The Labute approximate surface area is 499 Å². The molecule has 3 fully saturated rings. The van der Waals surface area contributed by atoms with Crippen molar-refractivity contribution in [1.82, 2.24) is 5.32 Å². The summed E-state index contributed by atoms with van der Waals surface area (Å²) in [6, 6.07) is -1.00. The highest BCUT2D eigenvalue weighted by Crippen LogP contribution is 2.33. The van der Waals surface area contributed by atoms with Gasteiger partial charge in [-0.05, 0) is 96.3 Å². The van der Waals surface area contributed by atoms with Gasteiger partial charge in [0.1, 0.15) is 73.2 Å². The summed E-state index contributed by atoms with van der Waals surface area (Å²) in [6.45, 7) is 1.43. The second-order valence-electron chi connectivity index (χ2n) is 21.1. The maximum atomic E-state index is 13.2. The van der Waals surface area contributed by atoms with Crippen LogP contribution in [0.1, 0.15) is 136 Å². The minimum atomic E-state index is -1.99. The van der Waals surface area contributed by atoms with Gasteiger partial charge in [-0.1, -0.05) is 167 Å². The number of aliphatic hydroxyl groups excluding tert-OH is 11. The van der Waals surface area contributed by atoms with Gasteiger partial charge >= 0.3 is 0 Å². The molecule has 3 aliphatic heterocycles. The monoisotopic (exact) mass is 1190 g/mol. The Morgan fingerprint density at radius 3 is 1.26 bits per heavy atom. The molecule has 17 unspecified atom stereocenters. The third-order valence-electron chi connectivity index (χ3n) is 14.2. The first-order valence-electron chi connectivity index (χ1n) is 30.4. The first kappa shape index (κ1) is 74.2. The van der Waals surface area contributed by atoms with Crippen molar-refractivity contribution >= 4 is 5.91 Å². The van der Waals surface area contributed by atoms with Crippen LogP contribution in [-0.2, 0) is 33.2 Å². The van der Waals surface area contributed by atoms with E-state index in [1.54, 1.807) is 6.08 Å². The van der Waals surface area contributed by atoms with Gasteiger partial charge in [-0.25, -0.2) is 0 Å². The van der Waals surface area contributed by atoms with Crippen LogP contribution in [0.3, 0.4) is 0 Å². The van der Waals surface area contributed by atoms with E-state index in [4.69, 9.17) is 28.4 Å². The van der Waals surface area contributed by atoms with Crippen LogP contribution in [0.2, 0.25) is 0 Å². The molecule has 0 aromatic carbocycles. The molecule has 0 spiro atoms. The van der Waals surface area contributed by atoms with Crippen molar-refractivity contribution in [3.8, 4) is 0 Å². The number of ether oxygens (including phenoxy) is 6. The number of allylic oxidation sites excluding steroid dienone is 21. The summed E-state index contributed by atoms with van der Waals surface area (Å²) < 4.78 is 34.0. The molecule has 12 N–H and O–H groups in total. The Balaban J connectivity index is 1.38. The average molecular weight is 1190 g/mol. The van der Waals surface area contributed by atoms with Gasteiger partial charge < -0.3 is 89.9 Å². The minimum absolute atomic E-state index is 0.177. The topological polar surface area (TPSA) is 307 Å².